The van der Waals surface area contributed by atoms with Gasteiger partial charge in [0.2, 0.25) is 5.91 Å². The number of aliphatic hydroxyl groups is 1. The Kier molecular flexibility index (Phi) is 5.41. The highest BCUT2D eigenvalue weighted by Gasteiger charge is 2.22. The number of hydrogen-bond acceptors (Lipinski definition) is 4. The molecule has 1 aliphatic rings. The summed E-state index contributed by atoms with van der Waals surface area (Å²) in [5.41, 5.74) is 6.72. The zero-order valence-corrected chi connectivity index (χ0v) is 18.1. The molecular formula is C27H25N3O2. The van der Waals surface area contributed by atoms with Crippen molar-refractivity contribution in [3.63, 3.8) is 0 Å². The second-order valence-electron chi connectivity index (χ2n) is 8.22. The lowest BCUT2D eigenvalue weighted by Gasteiger charge is -2.21. The van der Waals surface area contributed by atoms with E-state index < -0.39 is 0 Å². The Morgan fingerprint density at radius 1 is 0.969 bits per heavy atom. The first-order chi connectivity index (χ1) is 15.6. The number of aliphatic hydroxyl groups excluding tert-OH is 1. The van der Waals surface area contributed by atoms with Crippen LogP contribution in [-0.4, -0.2) is 21.0 Å². The molecule has 0 bridgehead atoms. The van der Waals surface area contributed by atoms with Crippen LogP contribution < -0.4 is 5.32 Å². The molecule has 5 heteroatoms. The van der Waals surface area contributed by atoms with Gasteiger partial charge in [-0.1, -0.05) is 67.6 Å². The molecule has 1 aliphatic carbocycles. The molecule has 1 aromatic heterocycles. The van der Waals surface area contributed by atoms with E-state index in [0.717, 1.165) is 57.4 Å². The quantitative estimate of drug-likeness (QED) is 0.491. The molecule has 160 valence electrons. The second-order valence-corrected chi connectivity index (χ2v) is 8.22. The highest BCUT2D eigenvalue weighted by molar-refractivity contribution is 5.93. The van der Waals surface area contributed by atoms with Crippen LogP contribution in [0.1, 0.15) is 35.0 Å². The minimum atomic E-state index is -0.0898. The summed E-state index contributed by atoms with van der Waals surface area (Å²) in [6.07, 6.45) is 2.58. The third-order valence-corrected chi connectivity index (χ3v) is 6.05. The molecule has 4 aromatic rings. The number of carbonyl (C=O) groups is 1. The maximum absolute atomic E-state index is 12.8. The van der Waals surface area contributed by atoms with Crippen LogP contribution in [0.3, 0.4) is 0 Å². The van der Waals surface area contributed by atoms with Gasteiger partial charge in [0.15, 0.2) is 5.82 Å². The van der Waals surface area contributed by atoms with Crippen molar-refractivity contribution in [1.82, 2.24) is 9.97 Å². The van der Waals surface area contributed by atoms with Gasteiger partial charge in [-0.25, -0.2) is 9.97 Å². The summed E-state index contributed by atoms with van der Waals surface area (Å²) in [5.74, 6) is 0.473. The average Bonchev–Trinajstić information content (AvgIpc) is 2.83. The third-order valence-electron chi connectivity index (χ3n) is 6.05. The summed E-state index contributed by atoms with van der Waals surface area (Å²) in [5, 5.41) is 14.7. The van der Waals surface area contributed by atoms with Crippen LogP contribution in [0, 0.1) is 0 Å². The molecule has 2 N–H and O–H groups in total. The molecule has 1 heterocycles. The van der Waals surface area contributed by atoms with Gasteiger partial charge in [0.05, 0.1) is 30.1 Å². The molecule has 0 aliphatic heterocycles. The molecule has 3 aromatic carbocycles. The van der Waals surface area contributed by atoms with Gasteiger partial charge >= 0.3 is 0 Å². The van der Waals surface area contributed by atoms with E-state index in [1.807, 2.05) is 49.4 Å². The van der Waals surface area contributed by atoms with Crippen LogP contribution in [0.15, 0.2) is 60.7 Å². The minimum absolute atomic E-state index is 0.0359. The van der Waals surface area contributed by atoms with E-state index in [-0.39, 0.29) is 12.5 Å². The fourth-order valence-electron chi connectivity index (χ4n) is 4.39. The lowest BCUT2D eigenvalue weighted by Crippen LogP contribution is -2.19. The number of rotatable bonds is 5. The first-order valence-electron chi connectivity index (χ1n) is 11.0. The summed E-state index contributed by atoms with van der Waals surface area (Å²) in [7, 11) is 0. The van der Waals surface area contributed by atoms with Gasteiger partial charge in [0.1, 0.15) is 0 Å². The van der Waals surface area contributed by atoms with E-state index >= 15 is 0 Å². The first kappa shape index (κ1) is 20.3. The Hall–Kier alpha value is -3.57. The van der Waals surface area contributed by atoms with Gasteiger partial charge in [-0.2, -0.15) is 0 Å². The SMILES string of the molecule is CCc1nc2c(nc1NC(=O)Cc1ccc3ccccc3c1)CCc1cc(CO)ccc1-2. The van der Waals surface area contributed by atoms with Crippen molar-refractivity contribution in [1.29, 1.82) is 0 Å². The second kappa shape index (κ2) is 8.52. The molecule has 5 nitrogen and oxygen atoms in total. The Morgan fingerprint density at radius 3 is 2.59 bits per heavy atom. The predicted octanol–water partition coefficient (Wildman–Crippen LogP) is 4.63. The summed E-state index contributed by atoms with van der Waals surface area (Å²) >= 11 is 0. The van der Waals surface area contributed by atoms with E-state index in [9.17, 15) is 9.90 Å². The molecule has 0 radical (unpaired) electrons. The minimum Gasteiger partial charge on any atom is -0.392 e. The topological polar surface area (TPSA) is 75.1 Å². The number of nitrogens with one attached hydrogen (secondary N) is 1. The molecule has 32 heavy (non-hydrogen) atoms. The highest BCUT2D eigenvalue weighted by atomic mass is 16.3. The molecular weight excluding hydrogens is 398 g/mol. The number of nitrogens with zero attached hydrogens (tertiary/aromatic N) is 2. The van der Waals surface area contributed by atoms with Gasteiger partial charge in [-0.15, -0.1) is 0 Å². The van der Waals surface area contributed by atoms with Crippen molar-refractivity contribution in [2.24, 2.45) is 0 Å². The van der Waals surface area contributed by atoms with Crippen molar-refractivity contribution in [2.45, 2.75) is 39.2 Å². The van der Waals surface area contributed by atoms with E-state index in [2.05, 4.69) is 23.5 Å². The summed E-state index contributed by atoms with van der Waals surface area (Å²) in [6, 6.07) is 20.2. The predicted molar refractivity (Wildman–Crippen MR) is 126 cm³/mol. The summed E-state index contributed by atoms with van der Waals surface area (Å²) in [4.78, 5) is 22.5. The van der Waals surface area contributed by atoms with Gasteiger partial charge < -0.3 is 10.4 Å². The normalized spacial score (nSPS) is 12.3. The van der Waals surface area contributed by atoms with Gasteiger partial charge in [-0.05, 0) is 46.7 Å². The highest BCUT2D eigenvalue weighted by Crippen LogP contribution is 2.33. The standard InChI is InChI=1S/C27H25N3O2/c1-2-23-27(30-25(32)15-17-7-9-19-5-3-4-6-20(19)13-17)29-24-12-10-21-14-18(16-31)8-11-22(21)26(24)28-23/h3-9,11,13-14,31H,2,10,12,15-16H2,1H3,(H,29,30,32). The number of aryl methyl sites for hydroxylation is 3. The van der Waals surface area contributed by atoms with E-state index in [1.165, 1.54) is 5.56 Å². The fourth-order valence-corrected chi connectivity index (χ4v) is 4.39. The third kappa shape index (κ3) is 3.87. The monoisotopic (exact) mass is 423 g/mol. The van der Waals surface area contributed by atoms with Gasteiger partial charge in [-0.3, -0.25) is 4.79 Å². The van der Waals surface area contributed by atoms with Gasteiger partial charge in [0.25, 0.3) is 0 Å². The number of anilines is 1. The molecule has 1 amide bonds. The van der Waals surface area contributed by atoms with Gasteiger partial charge in [0, 0.05) is 5.56 Å². The molecule has 0 atom stereocenters. The Morgan fingerprint density at radius 2 is 1.78 bits per heavy atom. The van der Waals surface area contributed by atoms with Crippen LogP contribution in [0.25, 0.3) is 22.0 Å². The Balaban J connectivity index is 1.40. The first-order valence-corrected chi connectivity index (χ1v) is 11.0. The number of benzene rings is 3. The lowest BCUT2D eigenvalue weighted by molar-refractivity contribution is -0.115. The van der Waals surface area contributed by atoms with Crippen molar-refractivity contribution in [2.75, 3.05) is 5.32 Å². The van der Waals surface area contributed by atoms with Crippen LogP contribution >= 0.6 is 0 Å². The number of fused-ring (bicyclic) bond motifs is 4. The molecule has 0 spiro atoms. The number of carbonyl (C=O) groups excluding carboxylic acids is 1. The lowest BCUT2D eigenvalue weighted by atomic mass is 9.90. The van der Waals surface area contributed by atoms with Crippen molar-refractivity contribution in [3.05, 3.63) is 88.7 Å². The molecule has 0 saturated heterocycles. The molecule has 0 fully saturated rings. The van der Waals surface area contributed by atoms with Crippen molar-refractivity contribution >= 4 is 22.5 Å². The Labute approximate surface area is 187 Å². The Bertz CT molecular complexity index is 1330. The van der Waals surface area contributed by atoms with E-state index in [0.29, 0.717) is 18.7 Å². The largest absolute Gasteiger partial charge is 0.392 e. The van der Waals surface area contributed by atoms with Crippen LogP contribution in [0.4, 0.5) is 5.82 Å². The molecule has 0 unspecified atom stereocenters. The summed E-state index contributed by atoms with van der Waals surface area (Å²) in [6.45, 7) is 2.06. The molecule has 0 saturated carbocycles. The number of aromatic nitrogens is 2. The van der Waals surface area contributed by atoms with Crippen molar-refractivity contribution < 1.29 is 9.90 Å². The van der Waals surface area contributed by atoms with E-state index in [4.69, 9.17) is 9.97 Å². The number of amides is 1. The number of hydrogen-bond donors (Lipinski definition) is 2. The average molecular weight is 424 g/mol. The zero-order chi connectivity index (χ0) is 22.1. The fraction of sp³-hybridized carbons (Fsp3) is 0.222. The maximum atomic E-state index is 12.8. The van der Waals surface area contributed by atoms with Crippen molar-refractivity contribution in [3.8, 4) is 11.3 Å². The van der Waals surface area contributed by atoms with Crippen LogP contribution in [0.5, 0.6) is 0 Å². The molecule has 5 rings (SSSR count). The summed E-state index contributed by atoms with van der Waals surface area (Å²) < 4.78 is 0. The van der Waals surface area contributed by atoms with E-state index in [1.54, 1.807) is 0 Å². The maximum Gasteiger partial charge on any atom is 0.229 e. The van der Waals surface area contributed by atoms with Crippen LogP contribution in [0.2, 0.25) is 0 Å². The zero-order valence-electron chi connectivity index (χ0n) is 18.1. The smallest absolute Gasteiger partial charge is 0.229 e. The van der Waals surface area contributed by atoms with Crippen LogP contribution in [-0.2, 0) is 37.1 Å².